The summed E-state index contributed by atoms with van der Waals surface area (Å²) in [6, 6.07) is 4.41. The van der Waals surface area contributed by atoms with Gasteiger partial charge in [0.2, 0.25) is 0 Å². The monoisotopic (exact) mass is 259 g/mol. The first kappa shape index (κ1) is 11.3. The molecule has 5 heteroatoms. The Bertz CT molecular complexity index is 523. The summed E-state index contributed by atoms with van der Waals surface area (Å²) in [7, 11) is 0. The molecule has 0 spiro atoms. The molecular weight excluding hydrogens is 255 g/mol. The normalized spacial score (nSPS) is 10.5. The minimum Gasteiger partial charge on any atom is -0.259 e. The van der Waals surface area contributed by atoms with Crippen molar-refractivity contribution in [3.05, 3.63) is 52.3 Å². The van der Waals surface area contributed by atoms with Gasteiger partial charge in [0.25, 0.3) is 0 Å². The Kier molecular flexibility index (Phi) is 3.08. The minimum absolute atomic E-state index is 0.191. The van der Waals surface area contributed by atoms with Crippen LogP contribution in [0.5, 0.6) is 0 Å². The lowest BCUT2D eigenvalue weighted by molar-refractivity contribution is 0.579. The quantitative estimate of drug-likeness (QED) is 0.743. The average molecular weight is 260 g/mol. The van der Waals surface area contributed by atoms with Crippen molar-refractivity contribution < 1.29 is 8.78 Å². The molecule has 0 atom stereocenters. The Hall–Kier alpha value is -1.19. The molecule has 1 heterocycles. The molecule has 1 nitrogen and oxygen atoms in total. The summed E-state index contributed by atoms with van der Waals surface area (Å²) in [6.07, 6.45) is 1.87. The number of rotatable bonds is 1. The first-order chi connectivity index (χ1) is 7.59. The molecule has 0 aliphatic carbocycles. The van der Waals surface area contributed by atoms with Gasteiger partial charge in [-0.15, -0.1) is 0 Å². The fraction of sp³-hybridized carbons (Fsp3) is 0. The average Bonchev–Trinajstić information content (AvgIpc) is 2.20. The predicted octanol–water partition coefficient (Wildman–Crippen LogP) is 4.33. The summed E-state index contributed by atoms with van der Waals surface area (Å²) in [4.78, 5) is 3.40. The molecule has 0 radical (unpaired) electrons. The number of nitrogens with zero attached hydrogens (tertiary/aromatic N) is 1. The molecule has 0 fully saturated rings. The van der Waals surface area contributed by atoms with Gasteiger partial charge >= 0.3 is 0 Å². The molecule has 0 saturated carbocycles. The molecule has 0 saturated heterocycles. The summed E-state index contributed by atoms with van der Waals surface area (Å²) >= 11 is 11.6. The molecule has 0 amide bonds. The molecular formula is C11H5Cl2F2N. The Morgan fingerprint density at radius 2 is 1.62 bits per heavy atom. The second-order valence-corrected chi connectivity index (χ2v) is 3.95. The first-order valence-electron chi connectivity index (χ1n) is 4.34. The van der Waals surface area contributed by atoms with E-state index in [1.54, 1.807) is 0 Å². The van der Waals surface area contributed by atoms with Gasteiger partial charge in [0.1, 0.15) is 0 Å². The molecule has 82 valence electrons. The van der Waals surface area contributed by atoms with Crippen LogP contribution in [0.25, 0.3) is 11.1 Å². The second-order valence-electron chi connectivity index (χ2n) is 3.10. The maximum atomic E-state index is 13.4. The van der Waals surface area contributed by atoms with Gasteiger partial charge in [-0.05, 0) is 12.1 Å². The van der Waals surface area contributed by atoms with Crippen LogP contribution < -0.4 is 0 Å². The van der Waals surface area contributed by atoms with Gasteiger partial charge in [0.05, 0.1) is 23.0 Å². The molecule has 2 aromatic rings. The molecule has 0 bridgehead atoms. The maximum absolute atomic E-state index is 13.4. The van der Waals surface area contributed by atoms with Gasteiger partial charge in [-0.1, -0.05) is 29.3 Å². The summed E-state index contributed by atoms with van der Waals surface area (Å²) in [6.45, 7) is 0. The van der Waals surface area contributed by atoms with Crippen LogP contribution in [0.1, 0.15) is 0 Å². The third-order valence-corrected chi connectivity index (χ3v) is 2.60. The Balaban J connectivity index is 2.68. The van der Waals surface area contributed by atoms with Gasteiger partial charge in [-0.2, -0.15) is 0 Å². The van der Waals surface area contributed by atoms with Crippen LogP contribution in [0.15, 0.2) is 30.6 Å². The van der Waals surface area contributed by atoms with Crippen LogP contribution in [-0.2, 0) is 0 Å². The molecule has 0 unspecified atom stereocenters. The van der Waals surface area contributed by atoms with Crippen LogP contribution >= 0.6 is 23.2 Å². The van der Waals surface area contributed by atoms with E-state index in [1.807, 2.05) is 0 Å². The van der Waals surface area contributed by atoms with E-state index in [0.29, 0.717) is 5.02 Å². The summed E-state index contributed by atoms with van der Waals surface area (Å²) < 4.78 is 26.8. The van der Waals surface area contributed by atoms with E-state index in [0.717, 1.165) is 12.4 Å². The van der Waals surface area contributed by atoms with E-state index < -0.39 is 11.6 Å². The minimum atomic E-state index is -0.760. The van der Waals surface area contributed by atoms with Crippen molar-refractivity contribution in [1.29, 1.82) is 0 Å². The van der Waals surface area contributed by atoms with Gasteiger partial charge < -0.3 is 0 Å². The zero-order valence-electron chi connectivity index (χ0n) is 7.85. The van der Waals surface area contributed by atoms with E-state index in [1.165, 1.54) is 18.2 Å². The number of benzene rings is 1. The van der Waals surface area contributed by atoms with E-state index in [2.05, 4.69) is 4.98 Å². The lowest BCUT2D eigenvalue weighted by Crippen LogP contribution is -1.92. The zero-order chi connectivity index (χ0) is 11.7. The van der Waals surface area contributed by atoms with Crippen LogP contribution in [0.4, 0.5) is 8.78 Å². The topological polar surface area (TPSA) is 12.9 Å². The van der Waals surface area contributed by atoms with Crippen molar-refractivity contribution in [1.82, 2.24) is 4.98 Å². The Labute approximate surface area is 101 Å². The summed E-state index contributed by atoms with van der Waals surface area (Å²) in [5.41, 5.74) is 0.0557. The summed E-state index contributed by atoms with van der Waals surface area (Å²) in [5, 5.41) is 0.597. The van der Waals surface area contributed by atoms with Crippen molar-refractivity contribution in [2.24, 2.45) is 0 Å². The van der Waals surface area contributed by atoms with Crippen LogP contribution in [0, 0.1) is 11.6 Å². The van der Waals surface area contributed by atoms with Crippen LogP contribution in [-0.4, -0.2) is 4.98 Å². The van der Waals surface area contributed by atoms with Gasteiger partial charge in [-0.3, -0.25) is 4.98 Å². The van der Waals surface area contributed by atoms with E-state index in [4.69, 9.17) is 23.2 Å². The van der Waals surface area contributed by atoms with Crippen molar-refractivity contribution in [2.45, 2.75) is 0 Å². The smallest absolute Gasteiger partial charge is 0.152 e. The molecule has 1 aromatic heterocycles. The highest BCUT2D eigenvalue weighted by molar-refractivity contribution is 6.36. The van der Waals surface area contributed by atoms with Gasteiger partial charge in [0, 0.05) is 10.6 Å². The van der Waals surface area contributed by atoms with Gasteiger partial charge in [-0.25, -0.2) is 8.78 Å². The number of halogens is 4. The number of hydrogen-bond acceptors (Lipinski definition) is 1. The second kappa shape index (κ2) is 4.36. The van der Waals surface area contributed by atoms with Crippen LogP contribution in [0.2, 0.25) is 10.0 Å². The van der Waals surface area contributed by atoms with E-state index >= 15 is 0 Å². The largest absolute Gasteiger partial charge is 0.259 e. The SMILES string of the molecule is Fc1cncc(F)c1-c1ccc(Cl)cc1Cl. The highest BCUT2D eigenvalue weighted by atomic mass is 35.5. The number of hydrogen-bond donors (Lipinski definition) is 0. The summed E-state index contributed by atoms with van der Waals surface area (Å²) in [5.74, 6) is -1.52. The standard InChI is InChI=1S/C11H5Cl2F2N/c12-6-1-2-7(8(13)3-6)11-9(14)4-16-5-10(11)15/h1-5H. The Morgan fingerprint density at radius 3 is 2.19 bits per heavy atom. The Morgan fingerprint density at radius 1 is 1.00 bits per heavy atom. The van der Waals surface area contributed by atoms with E-state index in [-0.39, 0.29) is 16.1 Å². The molecule has 1 aromatic carbocycles. The van der Waals surface area contributed by atoms with Gasteiger partial charge in [0.15, 0.2) is 11.6 Å². The molecule has 16 heavy (non-hydrogen) atoms. The molecule has 0 aliphatic rings. The predicted molar refractivity (Wildman–Crippen MR) is 59.6 cm³/mol. The lowest BCUT2D eigenvalue weighted by atomic mass is 10.1. The first-order valence-corrected chi connectivity index (χ1v) is 5.09. The highest BCUT2D eigenvalue weighted by Gasteiger charge is 2.14. The lowest BCUT2D eigenvalue weighted by Gasteiger charge is -2.06. The van der Waals surface area contributed by atoms with Crippen molar-refractivity contribution in [3.63, 3.8) is 0 Å². The third-order valence-electron chi connectivity index (χ3n) is 2.05. The van der Waals surface area contributed by atoms with Crippen LogP contribution in [0.3, 0.4) is 0 Å². The fourth-order valence-corrected chi connectivity index (χ4v) is 1.86. The molecule has 0 aliphatic heterocycles. The highest BCUT2D eigenvalue weighted by Crippen LogP contribution is 2.33. The number of pyridine rings is 1. The van der Waals surface area contributed by atoms with Crippen molar-refractivity contribution in [2.75, 3.05) is 0 Å². The van der Waals surface area contributed by atoms with Crippen molar-refractivity contribution >= 4 is 23.2 Å². The maximum Gasteiger partial charge on any atom is 0.152 e. The number of aromatic nitrogens is 1. The third kappa shape index (κ3) is 2.01. The molecule has 2 rings (SSSR count). The van der Waals surface area contributed by atoms with Crippen molar-refractivity contribution in [3.8, 4) is 11.1 Å². The van der Waals surface area contributed by atoms with E-state index in [9.17, 15) is 8.78 Å². The zero-order valence-corrected chi connectivity index (χ0v) is 9.36. The fourth-order valence-electron chi connectivity index (χ4n) is 1.36. The molecule has 0 N–H and O–H groups in total.